The van der Waals surface area contributed by atoms with Gasteiger partial charge in [0.15, 0.2) is 0 Å². The van der Waals surface area contributed by atoms with Gasteiger partial charge in [-0.15, -0.1) is 11.3 Å². The van der Waals surface area contributed by atoms with Crippen LogP contribution in [0.1, 0.15) is 29.5 Å². The van der Waals surface area contributed by atoms with Crippen molar-refractivity contribution in [1.82, 2.24) is 9.97 Å². The zero-order valence-corrected chi connectivity index (χ0v) is 13.5. The third kappa shape index (κ3) is 2.27. The minimum atomic E-state index is 0.0907. The lowest BCUT2D eigenvalue weighted by Crippen LogP contribution is -2.16. The zero-order valence-electron chi connectivity index (χ0n) is 9.49. The molecule has 2 N–H and O–H groups in total. The van der Waals surface area contributed by atoms with Crippen LogP contribution in [0.25, 0.3) is 10.7 Å². The molecule has 1 unspecified atom stereocenters. The quantitative estimate of drug-likeness (QED) is 0.801. The van der Waals surface area contributed by atoms with E-state index in [1.807, 2.05) is 6.07 Å². The minimum Gasteiger partial charge on any atom is -0.323 e. The van der Waals surface area contributed by atoms with Gasteiger partial charge < -0.3 is 5.73 Å². The highest BCUT2D eigenvalue weighted by atomic mass is 79.9. The molecule has 2 aromatic heterocycles. The molecule has 18 heavy (non-hydrogen) atoms. The van der Waals surface area contributed by atoms with Crippen molar-refractivity contribution in [3.8, 4) is 10.7 Å². The summed E-state index contributed by atoms with van der Waals surface area (Å²) in [6, 6.07) is 2.08. The molecule has 2 aromatic rings. The summed E-state index contributed by atoms with van der Waals surface area (Å²) in [5, 5.41) is 0.955. The van der Waals surface area contributed by atoms with Crippen LogP contribution in [-0.4, -0.2) is 9.97 Å². The molecule has 3 rings (SSSR count). The molecule has 2 heterocycles. The predicted molar refractivity (Wildman–Crippen MR) is 80.6 cm³/mol. The molecule has 1 atom stereocenters. The van der Waals surface area contributed by atoms with Crippen LogP contribution in [-0.2, 0) is 6.42 Å². The molecule has 0 aromatic carbocycles. The van der Waals surface area contributed by atoms with Gasteiger partial charge in [0.05, 0.1) is 5.69 Å². The fourth-order valence-corrected chi connectivity index (χ4v) is 4.62. The lowest BCUT2D eigenvalue weighted by atomic mass is 9.99. The van der Waals surface area contributed by atoms with Crippen molar-refractivity contribution in [1.29, 1.82) is 0 Å². The number of nitrogens with two attached hydrogens (primary N) is 1. The predicted octanol–water partition coefficient (Wildman–Crippen LogP) is 4.07. The molecular formula is C12H11Br2N3S. The lowest BCUT2D eigenvalue weighted by Gasteiger charge is -2.15. The molecule has 0 spiro atoms. The number of aromatic nitrogens is 2. The van der Waals surface area contributed by atoms with Crippen LogP contribution in [0.15, 0.2) is 21.2 Å². The molecule has 0 aliphatic heterocycles. The molecule has 0 fully saturated rings. The Balaban J connectivity index is 2.07. The van der Waals surface area contributed by atoms with E-state index in [0.717, 1.165) is 44.6 Å². The smallest absolute Gasteiger partial charge is 0.143 e. The number of halogens is 2. The van der Waals surface area contributed by atoms with Crippen molar-refractivity contribution in [2.45, 2.75) is 25.3 Å². The Kier molecular flexibility index (Phi) is 3.53. The molecule has 0 radical (unpaired) electrons. The lowest BCUT2D eigenvalue weighted by molar-refractivity contribution is 0.564. The van der Waals surface area contributed by atoms with E-state index in [4.69, 9.17) is 5.73 Å². The summed E-state index contributed by atoms with van der Waals surface area (Å²) in [4.78, 5) is 10.4. The van der Waals surface area contributed by atoms with E-state index in [1.165, 1.54) is 4.88 Å². The molecule has 0 saturated carbocycles. The maximum atomic E-state index is 6.10. The van der Waals surface area contributed by atoms with Gasteiger partial charge in [0, 0.05) is 26.1 Å². The Bertz CT molecular complexity index is 597. The van der Waals surface area contributed by atoms with E-state index >= 15 is 0 Å². The number of hydrogen-bond acceptors (Lipinski definition) is 4. The number of hydrogen-bond donors (Lipinski definition) is 1. The Morgan fingerprint density at radius 2 is 2.22 bits per heavy atom. The van der Waals surface area contributed by atoms with E-state index in [9.17, 15) is 0 Å². The first-order valence-electron chi connectivity index (χ1n) is 5.72. The zero-order chi connectivity index (χ0) is 12.7. The van der Waals surface area contributed by atoms with Crippen molar-refractivity contribution in [3.05, 3.63) is 31.8 Å². The van der Waals surface area contributed by atoms with Crippen LogP contribution >= 0.6 is 43.2 Å². The fraction of sp³-hybridized carbons (Fsp3) is 0.333. The van der Waals surface area contributed by atoms with E-state index in [0.29, 0.717) is 0 Å². The van der Waals surface area contributed by atoms with Gasteiger partial charge in [0.1, 0.15) is 10.7 Å². The van der Waals surface area contributed by atoms with Crippen LogP contribution in [0.2, 0.25) is 0 Å². The molecule has 1 aliphatic carbocycles. The van der Waals surface area contributed by atoms with Gasteiger partial charge in [0.2, 0.25) is 0 Å². The largest absolute Gasteiger partial charge is 0.323 e. The molecule has 0 saturated heterocycles. The number of rotatable bonds is 1. The number of fused-ring (bicyclic) bond motifs is 1. The third-order valence-corrected chi connectivity index (χ3v) is 5.18. The van der Waals surface area contributed by atoms with Gasteiger partial charge >= 0.3 is 0 Å². The Morgan fingerprint density at radius 1 is 1.39 bits per heavy atom. The summed E-state index contributed by atoms with van der Waals surface area (Å²) in [6.07, 6.45) is 5.07. The van der Waals surface area contributed by atoms with Crippen LogP contribution < -0.4 is 5.73 Å². The molecule has 0 bridgehead atoms. The first kappa shape index (κ1) is 12.7. The number of aryl methyl sites for hydroxylation is 1. The average Bonchev–Trinajstić information content (AvgIpc) is 2.74. The highest BCUT2D eigenvalue weighted by Gasteiger charge is 2.23. The second-order valence-corrected chi connectivity index (χ2v) is 7.16. The Morgan fingerprint density at radius 3 is 2.94 bits per heavy atom. The molecule has 3 nitrogen and oxygen atoms in total. The molecule has 1 aliphatic rings. The number of nitrogens with zero attached hydrogens (tertiary/aromatic N) is 2. The fourth-order valence-electron chi connectivity index (χ4n) is 2.12. The minimum absolute atomic E-state index is 0.0907. The SMILES string of the molecule is NC1CCCc2sc(-c3ncc(Br)cc3Br)nc21. The Labute approximate surface area is 126 Å². The van der Waals surface area contributed by atoms with Gasteiger partial charge in [-0.2, -0.15) is 0 Å². The molecular weight excluding hydrogens is 378 g/mol. The van der Waals surface area contributed by atoms with Crippen molar-refractivity contribution >= 4 is 43.2 Å². The summed E-state index contributed by atoms with van der Waals surface area (Å²) in [5.41, 5.74) is 8.07. The molecule has 94 valence electrons. The van der Waals surface area contributed by atoms with Gasteiger partial charge in [-0.3, -0.25) is 4.98 Å². The molecule has 0 amide bonds. The maximum Gasteiger partial charge on any atom is 0.143 e. The maximum absolute atomic E-state index is 6.10. The van der Waals surface area contributed by atoms with Crippen LogP contribution in [0.3, 0.4) is 0 Å². The number of thiazole rings is 1. The standard InChI is InChI=1S/C12H11Br2N3S/c13-6-4-7(14)10(16-5-6)12-17-11-8(15)2-1-3-9(11)18-12/h4-5,8H,1-3,15H2. The highest BCUT2D eigenvalue weighted by Crippen LogP contribution is 2.37. The van der Waals surface area contributed by atoms with E-state index < -0.39 is 0 Å². The molecule has 6 heteroatoms. The summed E-state index contributed by atoms with van der Waals surface area (Å²) >= 11 is 8.65. The van der Waals surface area contributed by atoms with Crippen molar-refractivity contribution in [3.63, 3.8) is 0 Å². The van der Waals surface area contributed by atoms with E-state index in [1.54, 1.807) is 17.5 Å². The summed E-state index contributed by atoms with van der Waals surface area (Å²) < 4.78 is 1.91. The Hall–Kier alpha value is -0.300. The van der Waals surface area contributed by atoms with Gasteiger partial charge in [-0.05, 0) is 57.2 Å². The van der Waals surface area contributed by atoms with Crippen LogP contribution in [0, 0.1) is 0 Å². The third-order valence-electron chi connectivity index (χ3n) is 3.01. The van der Waals surface area contributed by atoms with E-state index in [2.05, 4.69) is 41.8 Å². The monoisotopic (exact) mass is 387 g/mol. The van der Waals surface area contributed by atoms with Gasteiger partial charge in [-0.25, -0.2) is 4.98 Å². The van der Waals surface area contributed by atoms with Crippen LogP contribution in [0.4, 0.5) is 0 Å². The highest BCUT2D eigenvalue weighted by molar-refractivity contribution is 9.11. The summed E-state index contributed by atoms with van der Waals surface area (Å²) in [7, 11) is 0. The first-order valence-corrected chi connectivity index (χ1v) is 8.12. The average molecular weight is 389 g/mol. The van der Waals surface area contributed by atoms with Gasteiger partial charge in [0.25, 0.3) is 0 Å². The van der Waals surface area contributed by atoms with Crippen molar-refractivity contribution in [2.75, 3.05) is 0 Å². The topological polar surface area (TPSA) is 51.8 Å². The second kappa shape index (κ2) is 5.00. The number of pyridine rings is 1. The van der Waals surface area contributed by atoms with Crippen LogP contribution in [0.5, 0.6) is 0 Å². The summed E-state index contributed by atoms with van der Waals surface area (Å²) in [6.45, 7) is 0. The van der Waals surface area contributed by atoms with E-state index in [-0.39, 0.29) is 6.04 Å². The summed E-state index contributed by atoms with van der Waals surface area (Å²) in [5.74, 6) is 0. The van der Waals surface area contributed by atoms with Gasteiger partial charge in [-0.1, -0.05) is 0 Å². The first-order chi connectivity index (χ1) is 8.65. The van der Waals surface area contributed by atoms with Crippen molar-refractivity contribution in [2.24, 2.45) is 5.73 Å². The normalized spacial score (nSPS) is 18.7. The second-order valence-electron chi connectivity index (χ2n) is 4.31. The van der Waals surface area contributed by atoms with Crippen molar-refractivity contribution < 1.29 is 0 Å².